The van der Waals surface area contributed by atoms with Gasteiger partial charge in [-0.1, -0.05) is 58.5 Å². The Bertz CT molecular complexity index is 254. The minimum Gasteiger partial charge on any atom is -0.480 e. The zero-order valence-corrected chi connectivity index (χ0v) is 12.5. The third-order valence-electron chi connectivity index (χ3n) is 2.50. The molecule has 0 aliphatic rings. The van der Waals surface area contributed by atoms with Crippen LogP contribution in [0, 0.1) is 0 Å². The topological polar surface area (TPSA) is 74.6 Å². The van der Waals surface area contributed by atoms with Crippen LogP contribution in [0.4, 0.5) is 0 Å². The van der Waals surface area contributed by atoms with Gasteiger partial charge in [0.1, 0.15) is 8.65 Å². The summed E-state index contributed by atoms with van der Waals surface area (Å²) < 4.78 is -2.95. The van der Waals surface area contributed by atoms with Crippen molar-refractivity contribution in [1.29, 1.82) is 0 Å². The van der Waals surface area contributed by atoms with Crippen LogP contribution < -0.4 is 0 Å². The minimum atomic E-state index is -1.48. The zero-order valence-electron chi connectivity index (χ0n) is 9.30. The van der Waals surface area contributed by atoms with E-state index in [1.54, 1.807) is 0 Å². The molecule has 6 heteroatoms. The highest BCUT2D eigenvalue weighted by atomic mass is 79.9. The number of alkyl halides is 2. The Kier molecular flexibility index (Phi) is 5.96. The molecule has 0 heterocycles. The predicted octanol–water partition coefficient (Wildman–Crippen LogP) is 3.02. The summed E-state index contributed by atoms with van der Waals surface area (Å²) in [6, 6.07) is 0. The van der Waals surface area contributed by atoms with E-state index in [1.165, 1.54) is 0 Å². The highest BCUT2D eigenvalue weighted by Crippen LogP contribution is 2.45. The van der Waals surface area contributed by atoms with Gasteiger partial charge in [-0.2, -0.15) is 0 Å². The Labute approximate surface area is 112 Å². The van der Waals surface area contributed by atoms with E-state index in [2.05, 4.69) is 31.9 Å². The number of hydrogen-bond donors (Lipinski definition) is 2. The molecule has 2 N–H and O–H groups in total. The lowest BCUT2D eigenvalue weighted by molar-refractivity contribution is -0.149. The van der Waals surface area contributed by atoms with Gasteiger partial charge >= 0.3 is 11.9 Å². The van der Waals surface area contributed by atoms with E-state index in [9.17, 15) is 19.8 Å². The minimum absolute atomic E-state index is 0.250. The Morgan fingerprint density at radius 2 is 1.19 bits per heavy atom. The molecule has 0 aliphatic carbocycles. The Morgan fingerprint density at radius 3 is 1.31 bits per heavy atom. The first-order valence-electron chi connectivity index (χ1n) is 5.10. The molecule has 0 aliphatic heterocycles. The molecule has 94 valence electrons. The molecular weight excluding hydrogens is 344 g/mol. The molecule has 2 unspecified atom stereocenters. The first kappa shape index (κ1) is 15.9. The summed E-state index contributed by atoms with van der Waals surface area (Å²) in [4.78, 5) is 22.6. The monoisotopic (exact) mass is 358 g/mol. The van der Waals surface area contributed by atoms with E-state index in [4.69, 9.17) is 0 Å². The van der Waals surface area contributed by atoms with Gasteiger partial charge in [0.2, 0.25) is 0 Å². The standard InChI is InChI=1S/C10H16Br2O4/c1-3-5-9(11,7(13)14)10(12,6-4-2)8(15)16/h3-6H2,1-2H3,(H,13,14)(H,15,16). The first-order valence-corrected chi connectivity index (χ1v) is 6.69. The number of halogens is 2. The van der Waals surface area contributed by atoms with Gasteiger partial charge in [-0.05, 0) is 12.8 Å². The van der Waals surface area contributed by atoms with E-state index >= 15 is 0 Å². The summed E-state index contributed by atoms with van der Waals surface area (Å²) in [7, 11) is 0. The molecule has 4 nitrogen and oxygen atoms in total. The second-order valence-corrected chi connectivity index (χ2v) is 6.42. The fraction of sp³-hybridized carbons (Fsp3) is 0.800. The van der Waals surface area contributed by atoms with Crippen molar-refractivity contribution < 1.29 is 19.8 Å². The van der Waals surface area contributed by atoms with E-state index in [-0.39, 0.29) is 12.8 Å². The van der Waals surface area contributed by atoms with Crippen LogP contribution in [0.15, 0.2) is 0 Å². The molecule has 0 radical (unpaired) electrons. The van der Waals surface area contributed by atoms with Crippen molar-refractivity contribution in [3.63, 3.8) is 0 Å². The van der Waals surface area contributed by atoms with Crippen LogP contribution >= 0.6 is 31.9 Å². The number of carboxylic acids is 2. The predicted molar refractivity (Wildman–Crippen MR) is 68.4 cm³/mol. The average molecular weight is 360 g/mol. The van der Waals surface area contributed by atoms with E-state index in [0.29, 0.717) is 12.8 Å². The van der Waals surface area contributed by atoms with Gasteiger partial charge in [-0.25, -0.2) is 0 Å². The molecule has 0 saturated heterocycles. The number of hydrogen-bond acceptors (Lipinski definition) is 2. The van der Waals surface area contributed by atoms with Crippen molar-refractivity contribution in [1.82, 2.24) is 0 Å². The van der Waals surface area contributed by atoms with Gasteiger partial charge < -0.3 is 10.2 Å². The third kappa shape index (κ3) is 2.77. The molecule has 0 fully saturated rings. The van der Waals surface area contributed by atoms with Gasteiger partial charge in [-0.15, -0.1) is 0 Å². The Balaban J connectivity index is 5.43. The van der Waals surface area contributed by atoms with Crippen LogP contribution in [0.2, 0.25) is 0 Å². The SMILES string of the molecule is CCCC(Br)(C(=O)O)C(Br)(CCC)C(=O)O. The molecule has 0 aromatic rings. The summed E-state index contributed by atoms with van der Waals surface area (Å²) in [5, 5.41) is 18.5. The number of carbonyl (C=O) groups is 2. The Hall–Kier alpha value is -0.100. The van der Waals surface area contributed by atoms with Crippen LogP contribution in [0.3, 0.4) is 0 Å². The largest absolute Gasteiger partial charge is 0.480 e. The first-order chi connectivity index (χ1) is 7.26. The summed E-state index contributed by atoms with van der Waals surface area (Å²) in [5.41, 5.74) is 0. The van der Waals surface area contributed by atoms with Crippen molar-refractivity contribution in [3.8, 4) is 0 Å². The van der Waals surface area contributed by atoms with Crippen LogP contribution in [-0.2, 0) is 9.59 Å². The van der Waals surface area contributed by atoms with Gasteiger partial charge in [0.05, 0.1) is 0 Å². The smallest absolute Gasteiger partial charge is 0.322 e. The van der Waals surface area contributed by atoms with Crippen LogP contribution in [0.5, 0.6) is 0 Å². The quantitative estimate of drug-likeness (QED) is 0.685. The van der Waals surface area contributed by atoms with Gasteiger partial charge in [0.15, 0.2) is 0 Å². The van der Waals surface area contributed by atoms with Crippen LogP contribution in [-0.4, -0.2) is 30.8 Å². The molecule has 0 spiro atoms. The molecule has 0 saturated carbocycles. The molecule has 0 bridgehead atoms. The van der Waals surface area contributed by atoms with Gasteiger partial charge in [0.25, 0.3) is 0 Å². The molecule has 0 amide bonds. The zero-order chi connectivity index (χ0) is 13.0. The highest BCUT2D eigenvalue weighted by Gasteiger charge is 2.57. The second-order valence-electron chi connectivity index (χ2n) is 3.71. The lowest BCUT2D eigenvalue weighted by Crippen LogP contribution is -2.55. The molecular formula is C10H16Br2O4. The van der Waals surface area contributed by atoms with Gasteiger partial charge in [-0.3, -0.25) is 9.59 Å². The summed E-state index contributed by atoms with van der Waals surface area (Å²) in [5.74, 6) is -2.30. The van der Waals surface area contributed by atoms with Crippen molar-refractivity contribution in [2.24, 2.45) is 0 Å². The maximum atomic E-state index is 11.3. The fourth-order valence-electron chi connectivity index (χ4n) is 1.64. The maximum absolute atomic E-state index is 11.3. The normalized spacial score (nSPS) is 18.5. The number of aliphatic carboxylic acids is 2. The van der Waals surface area contributed by atoms with Crippen LogP contribution in [0.1, 0.15) is 39.5 Å². The maximum Gasteiger partial charge on any atom is 0.322 e. The summed E-state index contributed by atoms with van der Waals surface area (Å²) >= 11 is 6.21. The molecule has 16 heavy (non-hydrogen) atoms. The average Bonchev–Trinajstić information content (AvgIpc) is 2.17. The number of carboxylic acid groups (broad SMARTS) is 2. The fourth-order valence-corrected chi connectivity index (χ4v) is 3.17. The molecule has 0 rings (SSSR count). The number of rotatable bonds is 7. The molecule has 0 aromatic heterocycles. The Morgan fingerprint density at radius 1 is 0.938 bits per heavy atom. The van der Waals surface area contributed by atoms with Crippen molar-refractivity contribution in [3.05, 3.63) is 0 Å². The van der Waals surface area contributed by atoms with E-state index < -0.39 is 20.6 Å². The van der Waals surface area contributed by atoms with Gasteiger partial charge in [0, 0.05) is 0 Å². The van der Waals surface area contributed by atoms with E-state index in [1.807, 2.05) is 13.8 Å². The highest BCUT2D eigenvalue weighted by molar-refractivity contribution is 9.13. The van der Waals surface area contributed by atoms with Crippen molar-refractivity contribution in [2.45, 2.75) is 48.2 Å². The lowest BCUT2D eigenvalue weighted by atomic mass is 9.85. The summed E-state index contributed by atoms with van der Waals surface area (Å²) in [6.07, 6.45) is 1.67. The van der Waals surface area contributed by atoms with Crippen LogP contribution in [0.25, 0.3) is 0 Å². The lowest BCUT2D eigenvalue weighted by Gasteiger charge is -2.36. The van der Waals surface area contributed by atoms with E-state index in [0.717, 1.165) is 0 Å². The molecule has 0 aromatic carbocycles. The third-order valence-corrected chi connectivity index (χ3v) is 5.85. The van der Waals surface area contributed by atoms with Crippen molar-refractivity contribution >= 4 is 43.8 Å². The molecule has 2 atom stereocenters. The second kappa shape index (κ2) is 6.00. The van der Waals surface area contributed by atoms with Crippen molar-refractivity contribution in [2.75, 3.05) is 0 Å². The summed E-state index contributed by atoms with van der Waals surface area (Å²) in [6.45, 7) is 3.64.